The average molecular weight is 294 g/mol. The van der Waals surface area contributed by atoms with Crippen LogP contribution in [0.3, 0.4) is 0 Å². The van der Waals surface area contributed by atoms with Crippen molar-refractivity contribution >= 4 is 33.5 Å². The predicted molar refractivity (Wildman–Crippen MR) is 67.7 cm³/mol. The molecule has 0 unspecified atom stereocenters. The van der Waals surface area contributed by atoms with Gasteiger partial charge in [-0.25, -0.2) is 4.79 Å². The molecule has 0 saturated heterocycles. The molecule has 0 spiro atoms. The normalized spacial score (nSPS) is 9.88. The minimum atomic E-state index is -1.12. The maximum atomic E-state index is 11.3. The topological polar surface area (TPSA) is 66.4 Å². The van der Waals surface area contributed by atoms with E-state index in [1.807, 2.05) is 0 Å². The van der Waals surface area contributed by atoms with Crippen LogP contribution in [-0.4, -0.2) is 17.0 Å². The molecule has 0 aliphatic rings. The second kappa shape index (κ2) is 5.87. The van der Waals surface area contributed by atoms with Gasteiger partial charge in [0.15, 0.2) is 0 Å². The number of carbonyl (C=O) groups excluding carboxylic acids is 1. The van der Waals surface area contributed by atoms with Gasteiger partial charge in [-0.05, 0) is 24.3 Å². The van der Waals surface area contributed by atoms with Gasteiger partial charge in [-0.2, -0.15) is 0 Å². The lowest BCUT2D eigenvalue weighted by atomic mass is 10.2. The first-order valence-electron chi connectivity index (χ1n) is 4.51. The Hall–Kier alpha value is -2.06. The van der Waals surface area contributed by atoms with Crippen molar-refractivity contribution in [2.45, 2.75) is 0 Å². The van der Waals surface area contributed by atoms with Crippen molar-refractivity contribution in [3.63, 3.8) is 0 Å². The molecule has 0 atom stereocenters. The molecule has 0 saturated carbocycles. The van der Waals surface area contributed by atoms with Crippen molar-refractivity contribution in [3.05, 3.63) is 40.4 Å². The zero-order valence-corrected chi connectivity index (χ0v) is 10.2. The molecule has 5 heteroatoms. The van der Waals surface area contributed by atoms with Crippen LogP contribution in [0, 0.1) is 12.3 Å². The van der Waals surface area contributed by atoms with E-state index in [0.717, 1.165) is 6.08 Å². The first kappa shape index (κ1) is 13.0. The number of anilines is 1. The molecule has 2 N–H and O–H groups in total. The highest BCUT2D eigenvalue weighted by molar-refractivity contribution is 9.10. The van der Waals surface area contributed by atoms with E-state index in [1.165, 1.54) is 18.2 Å². The maximum absolute atomic E-state index is 11.3. The van der Waals surface area contributed by atoms with Gasteiger partial charge < -0.3 is 10.4 Å². The van der Waals surface area contributed by atoms with E-state index in [-0.39, 0.29) is 11.3 Å². The van der Waals surface area contributed by atoms with Crippen molar-refractivity contribution < 1.29 is 14.7 Å². The molecular weight excluding hydrogens is 286 g/mol. The summed E-state index contributed by atoms with van der Waals surface area (Å²) < 4.78 is 0.618. The molecule has 4 nitrogen and oxygen atoms in total. The molecule has 0 aromatic heterocycles. The molecule has 86 valence electrons. The first-order chi connectivity index (χ1) is 8.04. The number of benzene rings is 1. The molecule has 0 radical (unpaired) electrons. The lowest BCUT2D eigenvalue weighted by Gasteiger charge is -2.06. The van der Waals surface area contributed by atoms with Gasteiger partial charge in [0.1, 0.15) is 0 Å². The van der Waals surface area contributed by atoms with Gasteiger partial charge in [-0.15, -0.1) is 6.42 Å². The van der Waals surface area contributed by atoms with Gasteiger partial charge in [0, 0.05) is 10.5 Å². The average Bonchev–Trinajstić information content (AvgIpc) is 2.28. The van der Waals surface area contributed by atoms with Crippen molar-refractivity contribution in [1.29, 1.82) is 0 Å². The molecule has 0 fully saturated rings. The molecular formula is C12H8BrNO3. The molecule has 1 rings (SSSR count). The molecule has 0 heterocycles. The summed E-state index contributed by atoms with van der Waals surface area (Å²) in [7, 11) is 0. The largest absolute Gasteiger partial charge is 0.478 e. The second-order valence-electron chi connectivity index (χ2n) is 2.98. The van der Waals surface area contributed by atoms with Crippen LogP contribution in [0.25, 0.3) is 0 Å². The summed E-state index contributed by atoms with van der Waals surface area (Å²) in [6.45, 7) is 0. The fourth-order valence-electron chi connectivity index (χ4n) is 1.10. The number of hydrogen-bond donors (Lipinski definition) is 2. The zero-order chi connectivity index (χ0) is 12.8. The number of rotatable bonds is 3. The summed E-state index contributed by atoms with van der Waals surface area (Å²) >= 11 is 3.16. The van der Waals surface area contributed by atoms with E-state index in [4.69, 9.17) is 11.5 Å². The fourth-order valence-corrected chi connectivity index (χ4v) is 1.46. The van der Waals surface area contributed by atoms with Crippen LogP contribution in [0.5, 0.6) is 0 Å². The third-order valence-corrected chi connectivity index (χ3v) is 2.29. The van der Waals surface area contributed by atoms with Crippen molar-refractivity contribution in [3.8, 4) is 12.3 Å². The van der Waals surface area contributed by atoms with Crippen LogP contribution in [0.1, 0.15) is 10.4 Å². The van der Waals surface area contributed by atoms with Gasteiger partial charge in [0.2, 0.25) is 5.91 Å². The second-order valence-corrected chi connectivity index (χ2v) is 3.90. The molecule has 0 aliphatic heterocycles. The highest BCUT2D eigenvalue weighted by Crippen LogP contribution is 2.21. The number of carboxylic acids is 1. The minimum absolute atomic E-state index is 0.00170. The van der Waals surface area contributed by atoms with Crippen molar-refractivity contribution in [2.75, 3.05) is 5.32 Å². The zero-order valence-electron chi connectivity index (χ0n) is 8.61. The summed E-state index contributed by atoms with van der Waals surface area (Å²) in [4.78, 5) is 22.3. The number of hydrogen-bond acceptors (Lipinski definition) is 2. The number of carboxylic acid groups (broad SMARTS) is 1. The Bertz CT molecular complexity index is 529. The van der Waals surface area contributed by atoms with Gasteiger partial charge in [0.25, 0.3) is 0 Å². The summed E-state index contributed by atoms with van der Waals surface area (Å²) in [5.74, 6) is 0.564. The molecule has 0 bridgehead atoms. The van der Waals surface area contributed by atoms with Crippen molar-refractivity contribution in [2.24, 2.45) is 0 Å². The molecule has 0 aliphatic carbocycles. The third-order valence-electron chi connectivity index (χ3n) is 1.80. The Morgan fingerprint density at radius 2 is 2.18 bits per heavy atom. The minimum Gasteiger partial charge on any atom is -0.478 e. The van der Waals surface area contributed by atoms with Crippen LogP contribution >= 0.6 is 15.9 Å². The monoisotopic (exact) mass is 293 g/mol. The Morgan fingerprint density at radius 1 is 1.47 bits per heavy atom. The number of terminal acetylenes is 1. The van der Waals surface area contributed by atoms with Crippen LogP contribution in [0.4, 0.5) is 5.69 Å². The lowest BCUT2D eigenvalue weighted by Crippen LogP contribution is -2.12. The number of halogens is 1. The van der Waals surface area contributed by atoms with Crippen LogP contribution < -0.4 is 5.32 Å². The SMILES string of the molecule is C#C/C=C/C(=O)Nc1ccc(Br)cc1C(=O)O. The van der Waals surface area contributed by atoms with E-state index >= 15 is 0 Å². The van der Waals surface area contributed by atoms with Gasteiger partial charge in [-0.3, -0.25) is 4.79 Å². The number of aromatic carboxylic acids is 1. The standard InChI is InChI=1S/C12H8BrNO3/c1-2-3-4-11(15)14-10-6-5-8(13)7-9(10)12(16)17/h1,3-7H,(H,14,15)(H,16,17)/b4-3+. The highest BCUT2D eigenvalue weighted by Gasteiger charge is 2.11. The van der Waals surface area contributed by atoms with E-state index in [0.29, 0.717) is 4.47 Å². The number of allylic oxidation sites excluding steroid dienone is 1. The molecule has 17 heavy (non-hydrogen) atoms. The van der Waals surface area contributed by atoms with E-state index in [1.54, 1.807) is 6.07 Å². The molecule has 1 amide bonds. The van der Waals surface area contributed by atoms with Gasteiger partial charge >= 0.3 is 5.97 Å². The Balaban J connectivity index is 2.99. The third kappa shape index (κ3) is 3.78. The number of nitrogens with one attached hydrogen (secondary N) is 1. The Kier molecular flexibility index (Phi) is 4.49. The lowest BCUT2D eigenvalue weighted by molar-refractivity contribution is -0.111. The molecule has 1 aromatic rings. The Morgan fingerprint density at radius 3 is 2.76 bits per heavy atom. The van der Waals surface area contributed by atoms with E-state index in [2.05, 4.69) is 27.2 Å². The predicted octanol–water partition coefficient (Wildman–Crippen LogP) is 2.28. The van der Waals surface area contributed by atoms with Gasteiger partial charge in [-0.1, -0.05) is 21.9 Å². The van der Waals surface area contributed by atoms with Crippen LogP contribution in [-0.2, 0) is 4.79 Å². The fraction of sp³-hybridized carbons (Fsp3) is 0. The summed E-state index contributed by atoms with van der Waals surface area (Å²) in [6.07, 6.45) is 7.33. The van der Waals surface area contributed by atoms with Crippen LogP contribution in [0.2, 0.25) is 0 Å². The Labute approximate surface area is 106 Å². The summed E-state index contributed by atoms with van der Waals surface area (Å²) in [5.41, 5.74) is 0.217. The molecule has 1 aromatic carbocycles. The number of carbonyl (C=O) groups is 2. The van der Waals surface area contributed by atoms with Gasteiger partial charge in [0.05, 0.1) is 11.3 Å². The first-order valence-corrected chi connectivity index (χ1v) is 5.30. The summed E-state index contributed by atoms with van der Waals surface area (Å²) in [5, 5.41) is 11.4. The maximum Gasteiger partial charge on any atom is 0.337 e. The van der Waals surface area contributed by atoms with Crippen LogP contribution in [0.15, 0.2) is 34.8 Å². The van der Waals surface area contributed by atoms with Crippen molar-refractivity contribution in [1.82, 2.24) is 0 Å². The quantitative estimate of drug-likeness (QED) is 0.664. The number of amides is 1. The van der Waals surface area contributed by atoms with E-state index < -0.39 is 11.9 Å². The smallest absolute Gasteiger partial charge is 0.337 e. The summed E-state index contributed by atoms with van der Waals surface area (Å²) in [6, 6.07) is 4.53. The van der Waals surface area contributed by atoms with E-state index in [9.17, 15) is 9.59 Å². The highest BCUT2D eigenvalue weighted by atomic mass is 79.9.